The molecule has 1 aliphatic heterocycles. The molecule has 1 unspecified atom stereocenters. The van der Waals surface area contributed by atoms with Crippen molar-refractivity contribution in [3.63, 3.8) is 0 Å². The molecule has 0 fully saturated rings. The zero-order chi connectivity index (χ0) is 17.2. The summed E-state index contributed by atoms with van der Waals surface area (Å²) in [7, 11) is -3.77. The second-order valence-electron chi connectivity index (χ2n) is 5.69. The van der Waals surface area contributed by atoms with Crippen molar-refractivity contribution in [3.05, 3.63) is 47.8 Å². The summed E-state index contributed by atoms with van der Waals surface area (Å²) in [4.78, 5) is -0.112. The first-order chi connectivity index (χ1) is 11.4. The van der Waals surface area contributed by atoms with E-state index >= 15 is 0 Å². The summed E-state index contributed by atoms with van der Waals surface area (Å²) in [5, 5.41) is 6.93. The van der Waals surface area contributed by atoms with Gasteiger partial charge in [0.15, 0.2) is 0 Å². The molecule has 0 spiro atoms. The second-order valence-corrected chi connectivity index (χ2v) is 7.46. The Morgan fingerprint density at radius 1 is 1.33 bits per heavy atom. The normalized spacial score (nSPS) is 17.9. The molecule has 2 N–H and O–H groups in total. The van der Waals surface area contributed by atoms with Gasteiger partial charge >= 0.3 is 0 Å². The van der Waals surface area contributed by atoms with Crippen molar-refractivity contribution in [3.8, 4) is 0 Å². The Labute approximate surface area is 138 Å². The molecule has 0 saturated carbocycles. The minimum atomic E-state index is -3.77. The van der Waals surface area contributed by atoms with Gasteiger partial charge in [-0.1, -0.05) is 24.3 Å². The lowest BCUT2D eigenvalue weighted by atomic mass is 9.96. The smallest absolute Gasteiger partial charge is 0.257 e. The van der Waals surface area contributed by atoms with Crippen LogP contribution < -0.4 is 10.0 Å². The van der Waals surface area contributed by atoms with Crippen LogP contribution in [0.1, 0.15) is 11.1 Å². The van der Waals surface area contributed by atoms with Crippen LogP contribution in [0.4, 0.5) is 8.78 Å². The molecule has 24 heavy (non-hydrogen) atoms. The van der Waals surface area contributed by atoms with Gasteiger partial charge in [-0.3, -0.25) is 4.68 Å². The van der Waals surface area contributed by atoms with Gasteiger partial charge in [0.25, 0.3) is 6.43 Å². The lowest BCUT2D eigenvalue weighted by Gasteiger charge is -2.26. The third kappa shape index (κ3) is 3.97. The Bertz CT molecular complexity index is 807. The number of fused-ring (bicyclic) bond motifs is 1. The van der Waals surface area contributed by atoms with E-state index in [-0.39, 0.29) is 17.5 Å². The Kier molecular flexibility index (Phi) is 4.93. The largest absolute Gasteiger partial charge is 0.308 e. The predicted molar refractivity (Wildman–Crippen MR) is 84.2 cm³/mol. The Hall–Kier alpha value is -1.84. The second kappa shape index (κ2) is 6.96. The maximum absolute atomic E-state index is 12.3. The van der Waals surface area contributed by atoms with E-state index < -0.39 is 23.0 Å². The first-order valence-electron chi connectivity index (χ1n) is 7.54. The van der Waals surface area contributed by atoms with Crippen LogP contribution in [0.3, 0.4) is 0 Å². The lowest BCUT2D eigenvalue weighted by Crippen LogP contribution is -2.44. The molecule has 0 amide bonds. The number of aromatic nitrogens is 2. The van der Waals surface area contributed by atoms with E-state index in [4.69, 9.17) is 0 Å². The molecule has 1 aromatic heterocycles. The molecule has 2 aromatic rings. The maximum Gasteiger partial charge on any atom is 0.257 e. The molecule has 1 atom stereocenters. The summed E-state index contributed by atoms with van der Waals surface area (Å²) in [6.45, 7) is 0.280. The van der Waals surface area contributed by atoms with Crippen LogP contribution in [-0.2, 0) is 29.5 Å². The summed E-state index contributed by atoms with van der Waals surface area (Å²) in [5.41, 5.74) is 2.41. The number of sulfonamides is 1. The monoisotopic (exact) mass is 356 g/mol. The number of nitrogens with one attached hydrogen (secondary N) is 2. The SMILES string of the molecule is O=S(=O)(NCC1Cc2ccccc2CN1)c1cnn(CC(F)F)c1. The van der Waals surface area contributed by atoms with Gasteiger partial charge in [-0.15, -0.1) is 0 Å². The number of rotatable bonds is 6. The molecule has 0 radical (unpaired) electrons. The van der Waals surface area contributed by atoms with Crippen LogP contribution in [0, 0.1) is 0 Å². The van der Waals surface area contributed by atoms with Crippen LogP contribution in [0.5, 0.6) is 0 Å². The fraction of sp³-hybridized carbons (Fsp3) is 0.400. The summed E-state index contributed by atoms with van der Waals surface area (Å²) in [6.07, 6.45) is 0.329. The molecule has 3 rings (SSSR count). The van der Waals surface area contributed by atoms with E-state index in [2.05, 4.69) is 15.1 Å². The van der Waals surface area contributed by atoms with Crippen LogP contribution in [0.15, 0.2) is 41.6 Å². The average molecular weight is 356 g/mol. The van der Waals surface area contributed by atoms with Gasteiger partial charge in [-0.05, 0) is 17.5 Å². The summed E-state index contributed by atoms with van der Waals surface area (Å²) in [5.74, 6) is 0. The van der Waals surface area contributed by atoms with Crippen molar-refractivity contribution in [1.29, 1.82) is 0 Å². The standard InChI is InChI=1S/C15H18F2N4O2S/c16-15(17)10-21-9-14(8-19-21)24(22,23)20-7-13-5-11-3-1-2-4-12(11)6-18-13/h1-4,8-9,13,15,18,20H,5-7,10H2. The molecular formula is C15H18F2N4O2S. The van der Waals surface area contributed by atoms with Gasteiger partial charge in [0.05, 0.1) is 6.20 Å². The van der Waals surface area contributed by atoms with Crippen molar-refractivity contribution >= 4 is 10.0 Å². The summed E-state index contributed by atoms with van der Waals surface area (Å²) < 4.78 is 52.5. The van der Waals surface area contributed by atoms with Crippen LogP contribution in [0.25, 0.3) is 0 Å². The first-order valence-corrected chi connectivity index (χ1v) is 9.03. The molecular weight excluding hydrogens is 338 g/mol. The maximum atomic E-state index is 12.3. The van der Waals surface area contributed by atoms with Crippen molar-refractivity contribution in [2.75, 3.05) is 6.54 Å². The highest BCUT2D eigenvalue weighted by Crippen LogP contribution is 2.16. The average Bonchev–Trinajstić information content (AvgIpc) is 3.01. The number of alkyl halides is 2. The van der Waals surface area contributed by atoms with Gasteiger partial charge in [0, 0.05) is 25.3 Å². The number of halogens is 2. The van der Waals surface area contributed by atoms with E-state index in [1.807, 2.05) is 24.3 Å². The fourth-order valence-electron chi connectivity index (χ4n) is 2.68. The topological polar surface area (TPSA) is 76.0 Å². The fourth-order valence-corrected chi connectivity index (χ4v) is 3.72. The molecule has 2 heterocycles. The summed E-state index contributed by atoms with van der Waals surface area (Å²) in [6, 6.07) is 7.99. The quantitative estimate of drug-likeness (QED) is 0.814. The Balaban J connectivity index is 1.61. The third-order valence-electron chi connectivity index (χ3n) is 3.93. The summed E-state index contributed by atoms with van der Waals surface area (Å²) >= 11 is 0. The Morgan fingerprint density at radius 3 is 2.83 bits per heavy atom. The zero-order valence-corrected chi connectivity index (χ0v) is 13.6. The van der Waals surface area contributed by atoms with E-state index in [1.54, 1.807) is 0 Å². The van der Waals surface area contributed by atoms with Gasteiger partial charge in [-0.2, -0.15) is 5.10 Å². The number of hydrogen-bond acceptors (Lipinski definition) is 4. The van der Waals surface area contributed by atoms with Crippen LogP contribution in [-0.4, -0.2) is 37.2 Å². The molecule has 0 bridgehead atoms. The lowest BCUT2D eigenvalue weighted by molar-refractivity contribution is 0.121. The van der Waals surface area contributed by atoms with Crippen LogP contribution in [0.2, 0.25) is 0 Å². The highest BCUT2D eigenvalue weighted by Gasteiger charge is 2.22. The van der Waals surface area contributed by atoms with Crippen molar-refractivity contribution in [2.45, 2.75) is 36.9 Å². The van der Waals surface area contributed by atoms with Gasteiger partial charge in [0.2, 0.25) is 10.0 Å². The van der Waals surface area contributed by atoms with Gasteiger partial charge < -0.3 is 5.32 Å². The highest BCUT2D eigenvalue weighted by atomic mass is 32.2. The van der Waals surface area contributed by atoms with Crippen molar-refractivity contribution in [2.24, 2.45) is 0 Å². The predicted octanol–water partition coefficient (Wildman–Crippen LogP) is 1.14. The minimum Gasteiger partial charge on any atom is -0.308 e. The molecule has 1 aliphatic rings. The zero-order valence-electron chi connectivity index (χ0n) is 12.8. The molecule has 130 valence electrons. The van der Waals surface area contributed by atoms with Gasteiger partial charge in [0.1, 0.15) is 11.4 Å². The third-order valence-corrected chi connectivity index (χ3v) is 5.31. The Morgan fingerprint density at radius 2 is 2.08 bits per heavy atom. The molecule has 9 heteroatoms. The number of benzene rings is 1. The van der Waals surface area contributed by atoms with Crippen LogP contribution >= 0.6 is 0 Å². The van der Waals surface area contributed by atoms with Crippen molar-refractivity contribution in [1.82, 2.24) is 19.8 Å². The van der Waals surface area contributed by atoms with E-state index in [1.165, 1.54) is 11.1 Å². The molecule has 1 aromatic carbocycles. The molecule has 0 saturated heterocycles. The van der Waals surface area contributed by atoms with E-state index in [9.17, 15) is 17.2 Å². The first kappa shape index (κ1) is 17.0. The van der Waals surface area contributed by atoms with E-state index in [0.29, 0.717) is 6.54 Å². The van der Waals surface area contributed by atoms with E-state index in [0.717, 1.165) is 23.5 Å². The number of nitrogens with zero attached hydrogens (tertiary/aromatic N) is 2. The molecule has 0 aliphatic carbocycles. The highest BCUT2D eigenvalue weighted by molar-refractivity contribution is 7.89. The number of hydrogen-bond donors (Lipinski definition) is 2. The molecule has 6 nitrogen and oxygen atoms in total. The minimum absolute atomic E-state index is 0.0224. The van der Waals surface area contributed by atoms with Gasteiger partial charge in [-0.25, -0.2) is 21.9 Å². The van der Waals surface area contributed by atoms with Crippen molar-refractivity contribution < 1.29 is 17.2 Å².